The molecule has 1 aromatic heterocycles. The van der Waals surface area contributed by atoms with E-state index >= 15 is 0 Å². The zero-order valence-electron chi connectivity index (χ0n) is 18.0. The van der Waals surface area contributed by atoms with Gasteiger partial charge in [-0.15, -0.1) is 0 Å². The summed E-state index contributed by atoms with van der Waals surface area (Å²) in [5.74, 6) is 0.549. The lowest BCUT2D eigenvalue weighted by atomic mass is 10.0. The molecular formula is C25H28N4O3. The number of rotatable bonds is 6. The number of pyridine rings is 1. The average Bonchev–Trinajstić information content (AvgIpc) is 3.37. The number of ether oxygens (including phenoxy) is 1. The number of nitrogens with one attached hydrogen (secondary N) is 2. The molecule has 2 fully saturated rings. The molecule has 1 saturated carbocycles. The van der Waals surface area contributed by atoms with Crippen molar-refractivity contribution in [3.05, 3.63) is 71.7 Å². The second kappa shape index (κ2) is 8.74. The second-order valence-corrected chi connectivity index (χ2v) is 8.83. The number of fused-ring (bicyclic) bond motifs is 1. The molecule has 1 aliphatic carbocycles. The third-order valence-electron chi connectivity index (χ3n) is 6.66. The number of carbonyl (C=O) groups excluding carboxylic acids is 2. The highest BCUT2D eigenvalue weighted by molar-refractivity contribution is 6.01. The van der Waals surface area contributed by atoms with Gasteiger partial charge in [-0.1, -0.05) is 6.58 Å². The molecule has 166 valence electrons. The van der Waals surface area contributed by atoms with E-state index in [1.165, 1.54) is 5.56 Å². The Morgan fingerprint density at radius 1 is 1.16 bits per heavy atom. The monoisotopic (exact) mass is 432 g/mol. The molecule has 2 aromatic rings. The molecule has 32 heavy (non-hydrogen) atoms. The summed E-state index contributed by atoms with van der Waals surface area (Å²) in [6.45, 7) is 5.04. The van der Waals surface area contributed by atoms with Gasteiger partial charge in [0.15, 0.2) is 0 Å². The normalized spacial score (nSPS) is 25.1. The number of nitrogens with zero attached hydrogens (tertiary/aromatic N) is 2. The summed E-state index contributed by atoms with van der Waals surface area (Å²) in [4.78, 5) is 31.0. The summed E-state index contributed by atoms with van der Waals surface area (Å²) < 4.78 is 6.36. The molecular weight excluding hydrogens is 404 g/mol. The average molecular weight is 433 g/mol. The van der Waals surface area contributed by atoms with Crippen molar-refractivity contribution >= 4 is 11.8 Å². The fraction of sp³-hybridized carbons (Fsp3) is 0.400. The van der Waals surface area contributed by atoms with Crippen LogP contribution in [0.4, 0.5) is 0 Å². The van der Waals surface area contributed by atoms with E-state index in [0.717, 1.165) is 42.8 Å². The fourth-order valence-electron chi connectivity index (χ4n) is 4.93. The van der Waals surface area contributed by atoms with E-state index in [9.17, 15) is 9.59 Å². The summed E-state index contributed by atoms with van der Waals surface area (Å²) in [6.07, 6.45) is 8.22. The highest BCUT2D eigenvalue weighted by Crippen LogP contribution is 2.32. The van der Waals surface area contributed by atoms with Gasteiger partial charge in [-0.25, -0.2) is 0 Å². The molecule has 3 heterocycles. The zero-order chi connectivity index (χ0) is 22.1. The molecule has 2 amide bonds. The van der Waals surface area contributed by atoms with Gasteiger partial charge in [-0.05, 0) is 73.6 Å². The van der Waals surface area contributed by atoms with Crippen LogP contribution in [0.15, 0.2) is 55.0 Å². The number of allylic oxidation sites excluding steroid dienone is 1. The third kappa shape index (κ3) is 4.12. The minimum absolute atomic E-state index is 0.0861. The number of carbonyl (C=O) groups is 2. The Kier molecular flexibility index (Phi) is 5.66. The summed E-state index contributed by atoms with van der Waals surface area (Å²) in [5, 5.41) is 6.40. The van der Waals surface area contributed by atoms with Crippen LogP contribution in [0.1, 0.15) is 53.6 Å². The fourth-order valence-corrected chi connectivity index (χ4v) is 4.93. The molecule has 7 heteroatoms. The largest absolute Gasteiger partial charge is 0.489 e. The van der Waals surface area contributed by atoms with Crippen LogP contribution >= 0.6 is 0 Å². The number of hydrogen-bond acceptors (Lipinski definition) is 5. The number of aromatic nitrogens is 1. The number of benzene rings is 1. The van der Waals surface area contributed by atoms with Crippen molar-refractivity contribution in [1.82, 2.24) is 20.5 Å². The minimum Gasteiger partial charge on any atom is -0.489 e. The molecule has 7 nitrogen and oxygen atoms in total. The van der Waals surface area contributed by atoms with Crippen LogP contribution in [-0.2, 0) is 17.9 Å². The number of amides is 2. The first kappa shape index (κ1) is 20.7. The molecule has 1 saturated heterocycles. The van der Waals surface area contributed by atoms with Crippen LogP contribution in [-0.4, -0.2) is 39.9 Å². The maximum atomic E-state index is 12.9. The summed E-state index contributed by atoms with van der Waals surface area (Å²) >= 11 is 0. The van der Waals surface area contributed by atoms with Crippen LogP contribution < -0.4 is 15.4 Å². The first-order chi connectivity index (χ1) is 15.6. The smallest absolute Gasteiger partial charge is 0.255 e. The Labute approximate surface area is 187 Å². The van der Waals surface area contributed by atoms with Gasteiger partial charge in [0, 0.05) is 42.8 Å². The summed E-state index contributed by atoms with van der Waals surface area (Å²) in [7, 11) is 0. The van der Waals surface area contributed by atoms with Gasteiger partial charge in [0.05, 0.1) is 0 Å². The van der Waals surface area contributed by atoms with Gasteiger partial charge in [0.2, 0.25) is 5.91 Å². The first-order valence-corrected chi connectivity index (χ1v) is 11.3. The van der Waals surface area contributed by atoms with Crippen molar-refractivity contribution in [2.45, 2.75) is 63.4 Å². The quantitative estimate of drug-likeness (QED) is 0.733. The van der Waals surface area contributed by atoms with Crippen molar-refractivity contribution in [3.8, 4) is 5.75 Å². The lowest BCUT2D eigenvalue weighted by Gasteiger charge is -2.30. The van der Waals surface area contributed by atoms with Crippen molar-refractivity contribution in [2.75, 3.05) is 0 Å². The van der Waals surface area contributed by atoms with E-state index in [1.54, 1.807) is 4.90 Å². The van der Waals surface area contributed by atoms with E-state index in [4.69, 9.17) is 4.74 Å². The first-order valence-electron chi connectivity index (χ1n) is 11.3. The molecule has 5 rings (SSSR count). The van der Waals surface area contributed by atoms with E-state index in [-0.39, 0.29) is 24.0 Å². The molecule has 2 N–H and O–H groups in total. The standard InChI is InChI=1S/C25H28N4O3/c1-16-5-8-22(24(30)28-16)29-15-18-13-19(6-7-20(18)25(29)31)32-23-4-2-3-21(23)27-14-17-9-11-26-12-10-17/h6-7,9-13,21-23,27H,1-5,8,14-15H2,(H,28,30)/t21-,22?,23-/m0/s1. The SMILES string of the molecule is C=C1CCC(N2Cc3cc(O[C@H]4CCC[C@@H]4NCc4ccncc4)ccc3C2=O)C(=O)N1. The van der Waals surface area contributed by atoms with Crippen LogP contribution in [0, 0.1) is 0 Å². The van der Waals surface area contributed by atoms with Crippen molar-refractivity contribution in [3.63, 3.8) is 0 Å². The topological polar surface area (TPSA) is 83.6 Å². The van der Waals surface area contributed by atoms with Gasteiger partial charge >= 0.3 is 0 Å². The van der Waals surface area contributed by atoms with Gasteiger partial charge in [-0.2, -0.15) is 0 Å². The van der Waals surface area contributed by atoms with E-state index in [1.807, 2.05) is 42.7 Å². The van der Waals surface area contributed by atoms with Crippen LogP contribution in [0.25, 0.3) is 0 Å². The van der Waals surface area contributed by atoms with Gasteiger partial charge in [0.1, 0.15) is 17.9 Å². The van der Waals surface area contributed by atoms with Gasteiger partial charge < -0.3 is 20.3 Å². The maximum Gasteiger partial charge on any atom is 0.255 e. The van der Waals surface area contributed by atoms with Crippen molar-refractivity contribution in [1.29, 1.82) is 0 Å². The van der Waals surface area contributed by atoms with E-state index in [2.05, 4.69) is 22.2 Å². The predicted octanol–water partition coefficient (Wildman–Crippen LogP) is 2.92. The van der Waals surface area contributed by atoms with Gasteiger partial charge in [0.25, 0.3) is 5.91 Å². The molecule has 1 aromatic carbocycles. The summed E-state index contributed by atoms with van der Waals surface area (Å²) in [5.41, 5.74) is 3.50. The number of hydrogen-bond donors (Lipinski definition) is 2. The highest BCUT2D eigenvalue weighted by atomic mass is 16.5. The lowest BCUT2D eigenvalue weighted by Crippen LogP contribution is -2.49. The predicted molar refractivity (Wildman–Crippen MR) is 120 cm³/mol. The molecule has 3 atom stereocenters. The molecule has 3 aliphatic rings. The maximum absolute atomic E-state index is 12.9. The van der Waals surface area contributed by atoms with Crippen LogP contribution in [0.3, 0.4) is 0 Å². The zero-order valence-corrected chi connectivity index (χ0v) is 18.0. The molecule has 1 unspecified atom stereocenters. The Morgan fingerprint density at radius 3 is 2.81 bits per heavy atom. The third-order valence-corrected chi connectivity index (χ3v) is 6.66. The highest BCUT2D eigenvalue weighted by Gasteiger charge is 2.38. The Morgan fingerprint density at radius 2 is 2.00 bits per heavy atom. The Hall–Kier alpha value is -3.19. The lowest BCUT2D eigenvalue weighted by molar-refractivity contribution is -0.126. The van der Waals surface area contributed by atoms with E-state index in [0.29, 0.717) is 24.9 Å². The van der Waals surface area contributed by atoms with E-state index < -0.39 is 6.04 Å². The van der Waals surface area contributed by atoms with Crippen molar-refractivity contribution < 1.29 is 14.3 Å². The van der Waals surface area contributed by atoms with Crippen molar-refractivity contribution in [2.24, 2.45) is 0 Å². The molecule has 2 aliphatic heterocycles. The molecule has 0 radical (unpaired) electrons. The summed E-state index contributed by atoms with van der Waals surface area (Å²) in [6, 6.07) is 9.55. The molecule has 0 spiro atoms. The van der Waals surface area contributed by atoms with Crippen LogP contribution in [0.5, 0.6) is 5.75 Å². The molecule has 0 bridgehead atoms. The second-order valence-electron chi connectivity index (χ2n) is 8.83. The van der Waals surface area contributed by atoms with Crippen LogP contribution in [0.2, 0.25) is 0 Å². The minimum atomic E-state index is -0.443. The van der Waals surface area contributed by atoms with Gasteiger partial charge in [-0.3, -0.25) is 14.6 Å². The Bertz CT molecular complexity index is 1040. The number of piperidine rings is 1. The Balaban J connectivity index is 1.24.